The van der Waals surface area contributed by atoms with Gasteiger partial charge in [-0.3, -0.25) is 9.78 Å². The molecule has 0 radical (unpaired) electrons. The SMILES string of the molecule is CCCCCCCCN(CCCCCCCC)CC1CC(c2ccc(CO)cc2)OC(c2ccc(-c3ccccc3CNC(=O)c3cccnc3)cc2)O1. The average molecular weight is 734 g/mol. The number of ether oxygens (including phenoxy) is 2. The minimum Gasteiger partial charge on any atom is -0.392 e. The van der Waals surface area contributed by atoms with Crippen molar-refractivity contribution in [2.45, 2.75) is 129 Å². The predicted octanol–water partition coefficient (Wildman–Crippen LogP) is 10.7. The molecule has 3 atom stereocenters. The van der Waals surface area contributed by atoms with Crippen molar-refractivity contribution < 1.29 is 19.4 Å². The number of carbonyl (C=O) groups is 1. The first kappa shape index (κ1) is 41.3. The monoisotopic (exact) mass is 733 g/mol. The van der Waals surface area contributed by atoms with Crippen LogP contribution >= 0.6 is 0 Å². The van der Waals surface area contributed by atoms with Gasteiger partial charge in [0.1, 0.15) is 0 Å². The number of nitrogens with zero attached hydrogens (tertiary/aromatic N) is 2. The maximum Gasteiger partial charge on any atom is 0.253 e. The molecule has 0 spiro atoms. The Balaban J connectivity index is 1.29. The molecule has 7 nitrogen and oxygen atoms in total. The normalized spacial score (nSPS) is 17.1. The van der Waals surface area contributed by atoms with E-state index in [4.69, 9.17) is 9.47 Å². The molecular weight excluding hydrogens is 671 g/mol. The van der Waals surface area contributed by atoms with Crippen LogP contribution in [0.4, 0.5) is 0 Å². The number of hydrogen-bond acceptors (Lipinski definition) is 6. The molecule has 1 amide bonds. The number of aliphatic hydroxyl groups is 1. The van der Waals surface area contributed by atoms with Gasteiger partial charge in [-0.2, -0.15) is 0 Å². The Labute approximate surface area is 324 Å². The molecule has 1 aliphatic heterocycles. The van der Waals surface area contributed by atoms with E-state index in [1.165, 1.54) is 77.0 Å². The highest BCUT2D eigenvalue weighted by Gasteiger charge is 2.33. The van der Waals surface area contributed by atoms with Gasteiger partial charge in [0.2, 0.25) is 0 Å². The summed E-state index contributed by atoms with van der Waals surface area (Å²) in [5.41, 5.74) is 6.72. The Kier molecular flexibility index (Phi) is 17.7. The van der Waals surface area contributed by atoms with E-state index in [9.17, 15) is 9.90 Å². The van der Waals surface area contributed by atoms with Crippen LogP contribution in [-0.4, -0.2) is 46.6 Å². The standard InChI is InChI=1S/C47H63N3O4/c1-3-5-7-9-11-15-30-50(31-16-12-10-8-6-4-2)35-43-32-45(39-23-21-37(36-51)22-24-39)54-47(53-43)40-27-25-38(26-28-40)44-20-14-13-18-41(44)34-49-46(52)42-19-17-29-48-33-42/h13-14,17-29,33,43,45,47,51H,3-12,15-16,30-32,34-36H2,1-2H3,(H,49,52). The van der Waals surface area contributed by atoms with Crippen molar-refractivity contribution in [3.63, 3.8) is 0 Å². The minimum absolute atomic E-state index is 0.0234. The van der Waals surface area contributed by atoms with E-state index in [2.05, 4.69) is 77.6 Å². The van der Waals surface area contributed by atoms with Crippen LogP contribution in [0.2, 0.25) is 0 Å². The Morgan fingerprint density at radius 1 is 0.759 bits per heavy atom. The number of carbonyl (C=O) groups excluding carboxylic acids is 1. The lowest BCUT2D eigenvalue weighted by atomic mass is 9.97. The largest absolute Gasteiger partial charge is 0.392 e. The van der Waals surface area contributed by atoms with Crippen molar-refractivity contribution in [3.05, 3.63) is 125 Å². The highest BCUT2D eigenvalue weighted by atomic mass is 16.7. The smallest absolute Gasteiger partial charge is 0.253 e. The van der Waals surface area contributed by atoms with Crippen LogP contribution in [0.5, 0.6) is 0 Å². The molecule has 3 aromatic carbocycles. The van der Waals surface area contributed by atoms with Crippen molar-refractivity contribution in [3.8, 4) is 11.1 Å². The lowest BCUT2D eigenvalue weighted by Gasteiger charge is -2.38. The van der Waals surface area contributed by atoms with Crippen molar-refractivity contribution in [2.24, 2.45) is 0 Å². The van der Waals surface area contributed by atoms with Crippen LogP contribution in [0, 0.1) is 0 Å². The summed E-state index contributed by atoms with van der Waals surface area (Å²) in [6.45, 7) is 8.11. The lowest BCUT2D eigenvalue weighted by Crippen LogP contribution is -2.40. The summed E-state index contributed by atoms with van der Waals surface area (Å²) in [5.74, 6) is -0.146. The zero-order chi connectivity index (χ0) is 37.8. The number of pyridine rings is 1. The van der Waals surface area contributed by atoms with E-state index in [-0.39, 0.29) is 24.7 Å². The van der Waals surface area contributed by atoms with Gasteiger partial charge in [0.05, 0.1) is 24.4 Å². The molecule has 0 bridgehead atoms. The Hall–Kier alpha value is -3.88. The highest BCUT2D eigenvalue weighted by molar-refractivity contribution is 5.93. The molecule has 1 aromatic heterocycles. The van der Waals surface area contributed by atoms with Crippen LogP contribution < -0.4 is 5.32 Å². The fraction of sp³-hybridized carbons (Fsp3) is 0.489. The van der Waals surface area contributed by atoms with E-state index in [1.807, 2.05) is 24.3 Å². The average Bonchev–Trinajstić information content (AvgIpc) is 3.22. The second kappa shape index (κ2) is 23.1. The molecule has 5 rings (SSSR count). The van der Waals surface area contributed by atoms with Gasteiger partial charge in [-0.25, -0.2) is 0 Å². The number of hydrogen-bond donors (Lipinski definition) is 2. The maximum atomic E-state index is 12.7. The number of nitrogens with one attached hydrogen (secondary N) is 1. The summed E-state index contributed by atoms with van der Waals surface area (Å²) in [6, 6.07) is 28.4. The molecule has 4 aromatic rings. The molecule has 0 saturated carbocycles. The van der Waals surface area contributed by atoms with Crippen molar-refractivity contribution in [2.75, 3.05) is 19.6 Å². The third-order valence-corrected chi connectivity index (χ3v) is 10.6. The van der Waals surface area contributed by atoms with Gasteiger partial charge >= 0.3 is 0 Å². The van der Waals surface area contributed by atoms with Crippen LogP contribution in [0.15, 0.2) is 97.3 Å². The zero-order valence-electron chi connectivity index (χ0n) is 32.8. The number of amides is 1. The fourth-order valence-corrected chi connectivity index (χ4v) is 7.40. The van der Waals surface area contributed by atoms with Crippen LogP contribution in [0.3, 0.4) is 0 Å². The van der Waals surface area contributed by atoms with Gasteiger partial charge in [-0.1, -0.05) is 151 Å². The van der Waals surface area contributed by atoms with Crippen LogP contribution in [0.1, 0.15) is 142 Å². The Morgan fingerprint density at radius 3 is 2.06 bits per heavy atom. The summed E-state index contributed by atoms with van der Waals surface area (Å²) < 4.78 is 13.6. The first-order chi connectivity index (χ1) is 26.6. The van der Waals surface area contributed by atoms with Gasteiger partial charge in [0.15, 0.2) is 6.29 Å². The number of aromatic nitrogens is 1. The first-order valence-corrected chi connectivity index (χ1v) is 20.7. The summed E-state index contributed by atoms with van der Waals surface area (Å²) in [5, 5.41) is 12.7. The van der Waals surface area contributed by atoms with Gasteiger partial charge < -0.3 is 24.8 Å². The van der Waals surface area contributed by atoms with Crippen molar-refractivity contribution in [1.82, 2.24) is 15.2 Å². The molecule has 2 heterocycles. The van der Waals surface area contributed by atoms with Crippen LogP contribution in [-0.2, 0) is 22.6 Å². The van der Waals surface area contributed by atoms with Crippen molar-refractivity contribution >= 4 is 5.91 Å². The Bertz CT molecular complexity index is 1610. The van der Waals surface area contributed by atoms with E-state index in [0.717, 1.165) is 59.4 Å². The summed E-state index contributed by atoms with van der Waals surface area (Å²) in [7, 11) is 0. The molecule has 3 unspecified atom stereocenters. The molecule has 1 fully saturated rings. The van der Waals surface area contributed by atoms with Gasteiger partial charge in [0.25, 0.3) is 5.91 Å². The molecule has 1 saturated heterocycles. The van der Waals surface area contributed by atoms with Crippen LogP contribution in [0.25, 0.3) is 11.1 Å². The lowest BCUT2D eigenvalue weighted by molar-refractivity contribution is -0.253. The van der Waals surface area contributed by atoms with Crippen molar-refractivity contribution in [1.29, 1.82) is 0 Å². The number of unbranched alkanes of at least 4 members (excludes halogenated alkanes) is 10. The quantitative estimate of drug-likeness (QED) is 0.0739. The number of rotatable bonds is 23. The minimum atomic E-state index is -0.501. The summed E-state index contributed by atoms with van der Waals surface area (Å²) in [4.78, 5) is 19.5. The third kappa shape index (κ3) is 13.2. The number of benzene rings is 3. The second-order valence-corrected chi connectivity index (χ2v) is 14.9. The third-order valence-electron chi connectivity index (χ3n) is 10.6. The van der Waals surface area contributed by atoms with E-state index < -0.39 is 6.29 Å². The topological polar surface area (TPSA) is 83.9 Å². The van der Waals surface area contributed by atoms with Gasteiger partial charge in [-0.15, -0.1) is 0 Å². The molecule has 54 heavy (non-hydrogen) atoms. The second-order valence-electron chi connectivity index (χ2n) is 14.9. The van der Waals surface area contributed by atoms with E-state index in [0.29, 0.717) is 12.1 Å². The first-order valence-electron chi connectivity index (χ1n) is 20.7. The molecule has 0 aliphatic carbocycles. The Morgan fingerprint density at radius 2 is 1.41 bits per heavy atom. The molecule has 7 heteroatoms. The predicted molar refractivity (Wildman–Crippen MR) is 219 cm³/mol. The highest BCUT2D eigenvalue weighted by Crippen LogP contribution is 2.39. The zero-order valence-corrected chi connectivity index (χ0v) is 32.8. The van der Waals surface area contributed by atoms with Gasteiger partial charge in [-0.05, 0) is 65.9 Å². The fourth-order valence-electron chi connectivity index (χ4n) is 7.40. The molecule has 2 N–H and O–H groups in total. The van der Waals surface area contributed by atoms with E-state index >= 15 is 0 Å². The van der Waals surface area contributed by atoms with Gasteiger partial charge in [0, 0.05) is 37.5 Å². The van der Waals surface area contributed by atoms with E-state index in [1.54, 1.807) is 24.5 Å². The summed E-state index contributed by atoms with van der Waals surface area (Å²) in [6.07, 6.45) is 19.0. The maximum absolute atomic E-state index is 12.7. The molecular formula is C47H63N3O4. The molecule has 290 valence electrons. The summed E-state index contributed by atoms with van der Waals surface area (Å²) >= 11 is 0. The number of aliphatic hydroxyl groups excluding tert-OH is 1. The molecule has 1 aliphatic rings.